The quantitative estimate of drug-likeness (QED) is 0.835. The van der Waals surface area contributed by atoms with Gasteiger partial charge >= 0.3 is 5.97 Å². The maximum atomic E-state index is 13.0. The van der Waals surface area contributed by atoms with E-state index in [1.165, 1.54) is 6.07 Å². The maximum absolute atomic E-state index is 13.0. The van der Waals surface area contributed by atoms with Gasteiger partial charge in [0.1, 0.15) is 6.04 Å². The average molecular weight is 243 g/mol. The van der Waals surface area contributed by atoms with Crippen molar-refractivity contribution in [3.05, 3.63) is 35.4 Å². The molecule has 2 unspecified atom stereocenters. The fraction of sp³-hybridized carbons (Fsp3) is 0.417. The van der Waals surface area contributed by atoms with E-state index in [-0.39, 0.29) is 6.04 Å². The van der Waals surface area contributed by atoms with Crippen molar-refractivity contribution in [3.63, 3.8) is 0 Å². The van der Waals surface area contributed by atoms with E-state index in [2.05, 4.69) is 5.32 Å². The summed E-state index contributed by atoms with van der Waals surface area (Å²) in [5.41, 5.74) is 0.517. The lowest BCUT2D eigenvalue weighted by Crippen LogP contribution is -2.37. The lowest BCUT2D eigenvalue weighted by atomic mass is 10.1. The standard InChI is InChI=1S/C12H15F2NO2/c1-3-11(12(16)17)15-7(2)8-4-5-9(13)10(14)6-8/h4-7,11,15H,3H2,1-2H3,(H,16,17). The summed E-state index contributed by atoms with van der Waals surface area (Å²) in [4.78, 5) is 10.8. The van der Waals surface area contributed by atoms with Crippen LogP contribution in [0, 0.1) is 11.6 Å². The molecule has 2 N–H and O–H groups in total. The first-order valence-corrected chi connectivity index (χ1v) is 5.39. The number of benzene rings is 1. The predicted molar refractivity (Wildman–Crippen MR) is 59.6 cm³/mol. The molecule has 94 valence electrons. The van der Waals surface area contributed by atoms with E-state index in [9.17, 15) is 13.6 Å². The molecular formula is C12H15F2NO2. The molecule has 0 heterocycles. The van der Waals surface area contributed by atoms with Crippen molar-refractivity contribution >= 4 is 5.97 Å². The van der Waals surface area contributed by atoms with Gasteiger partial charge in [-0.15, -0.1) is 0 Å². The zero-order valence-electron chi connectivity index (χ0n) is 9.71. The number of hydrogen-bond donors (Lipinski definition) is 2. The van der Waals surface area contributed by atoms with Gasteiger partial charge in [-0.2, -0.15) is 0 Å². The first kappa shape index (κ1) is 13.6. The SMILES string of the molecule is CCC(NC(C)c1ccc(F)c(F)c1)C(=O)O. The van der Waals surface area contributed by atoms with Crippen molar-refractivity contribution in [1.82, 2.24) is 5.32 Å². The van der Waals surface area contributed by atoms with Gasteiger partial charge < -0.3 is 5.11 Å². The molecule has 0 amide bonds. The van der Waals surface area contributed by atoms with Crippen LogP contribution >= 0.6 is 0 Å². The minimum atomic E-state index is -0.957. The van der Waals surface area contributed by atoms with Gasteiger partial charge in [0.25, 0.3) is 0 Å². The van der Waals surface area contributed by atoms with E-state index in [0.717, 1.165) is 12.1 Å². The highest BCUT2D eigenvalue weighted by molar-refractivity contribution is 5.73. The predicted octanol–water partition coefficient (Wildman–Crippen LogP) is 2.48. The van der Waals surface area contributed by atoms with Crippen LogP contribution in [-0.4, -0.2) is 17.1 Å². The van der Waals surface area contributed by atoms with Crippen LogP contribution in [0.3, 0.4) is 0 Å². The van der Waals surface area contributed by atoms with Gasteiger partial charge in [0.15, 0.2) is 11.6 Å². The zero-order chi connectivity index (χ0) is 13.0. The van der Waals surface area contributed by atoms with Crippen LogP contribution in [0.5, 0.6) is 0 Å². The third-order valence-corrected chi connectivity index (χ3v) is 2.60. The minimum absolute atomic E-state index is 0.355. The van der Waals surface area contributed by atoms with E-state index >= 15 is 0 Å². The summed E-state index contributed by atoms with van der Waals surface area (Å²) in [5.74, 6) is -2.80. The van der Waals surface area contributed by atoms with Crippen LogP contribution < -0.4 is 5.32 Å². The average Bonchev–Trinajstić information content (AvgIpc) is 2.28. The highest BCUT2D eigenvalue weighted by Gasteiger charge is 2.18. The topological polar surface area (TPSA) is 49.3 Å². The van der Waals surface area contributed by atoms with E-state index < -0.39 is 23.6 Å². The summed E-state index contributed by atoms with van der Waals surface area (Å²) >= 11 is 0. The molecule has 0 radical (unpaired) electrons. The van der Waals surface area contributed by atoms with Crippen LogP contribution in [0.1, 0.15) is 31.9 Å². The fourth-order valence-corrected chi connectivity index (χ4v) is 1.54. The van der Waals surface area contributed by atoms with Crippen LogP contribution in [0.15, 0.2) is 18.2 Å². The smallest absolute Gasteiger partial charge is 0.320 e. The third-order valence-electron chi connectivity index (χ3n) is 2.60. The molecule has 0 aliphatic carbocycles. The molecule has 0 aromatic heterocycles. The van der Waals surface area contributed by atoms with Gasteiger partial charge in [0.2, 0.25) is 0 Å². The zero-order valence-corrected chi connectivity index (χ0v) is 9.71. The van der Waals surface area contributed by atoms with E-state index in [0.29, 0.717) is 12.0 Å². The lowest BCUT2D eigenvalue weighted by Gasteiger charge is -2.19. The summed E-state index contributed by atoms with van der Waals surface area (Å²) in [7, 11) is 0. The van der Waals surface area contributed by atoms with Crippen molar-refractivity contribution in [2.45, 2.75) is 32.4 Å². The molecule has 0 spiro atoms. The number of aliphatic carboxylic acids is 1. The van der Waals surface area contributed by atoms with Crippen LogP contribution in [-0.2, 0) is 4.79 Å². The normalized spacial score (nSPS) is 14.4. The second kappa shape index (κ2) is 5.72. The number of rotatable bonds is 5. The molecule has 0 fully saturated rings. The molecule has 0 saturated heterocycles. The van der Waals surface area contributed by atoms with Gasteiger partial charge in [-0.1, -0.05) is 13.0 Å². The number of hydrogen-bond acceptors (Lipinski definition) is 2. The number of halogens is 2. The monoisotopic (exact) mass is 243 g/mol. The van der Waals surface area contributed by atoms with Gasteiger partial charge in [0.05, 0.1) is 0 Å². The van der Waals surface area contributed by atoms with Crippen molar-refractivity contribution in [2.75, 3.05) is 0 Å². The van der Waals surface area contributed by atoms with E-state index in [1.807, 2.05) is 0 Å². The Kier molecular flexibility index (Phi) is 4.57. The summed E-state index contributed by atoms with van der Waals surface area (Å²) in [5, 5.41) is 11.7. The largest absolute Gasteiger partial charge is 0.480 e. The van der Waals surface area contributed by atoms with Gasteiger partial charge in [0, 0.05) is 6.04 Å². The highest BCUT2D eigenvalue weighted by Crippen LogP contribution is 2.16. The number of carbonyl (C=O) groups is 1. The molecule has 0 aliphatic rings. The molecule has 1 aromatic rings. The van der Waals surface area contributed by atoms with Gasteiger partial charge in [-0.3, -0.25) is 10.1 Å². The lowest BCUT2D eigenvalue weighted by molar-refractivity contribution is -0.139. The van der Waals surface area contributed by atoms with Crippen LogP contribution in [0.2, 0.25) is 0 Å². The molecule has 5 heteroatoms. The Balaban J connectivity index is 2.78. The van der Waals surface area contributed by atoms with Crippen molar-refractivity contribution < 1.29 is 18.7 Å². The Morgan fingerprint density at radius 2 is 2.06 bits per heavy atom. The minimum Gasteiger partial charge on any atom is -0.480 e. The second-order valence-corrected chi connectivity index (χ2v) is 3.86. The Hall–Kier alpha value is -1.49. The van der Waals surface area contributed by atoms with Crippen molar-refractivity contribution in [1.29, 1.82) is 0 Å². The number of carboxylic acid groups (broad SMARTS) is 1. The van der Waals surface area contributed by atoms with Gasteiger partial charge in [-0.25, -0.2) is 8.78 Å². The molecule has 2 atom stereocenters. The number of carboxylic acids is 1. The Morgan fingerprint density at radius 1 is 1.41 bits per heavy atom. The van der Waals surface area contributed by atoms with E-state index in [1.54, 1.807) is 13.8 Å². The fourth-order valence-electron chi connectivity index (χ4n) is 1.54. The van der Waals surface area contributed by atoms with E-state index in [4.69, 9.17) is 5.11 Å². The van der Waals surface area contributed by atoms with Crippen LogP contribution in [0.4, 0.5) is 8.78 Å². The number of nitrogens with one attached hydrogen (secondary N) is 1. The molecule has 1 rings (SSSR count). The molecule has 17 heavy (non-hydrogen) atoms. The summed E-state index contributed by atoms with van der Waals surface area (Å²) in [6.07, 6.45) is 0.420. The highest BCUT2D eigenvalue weighted by atomic mass is 19.2. The maximum Gasteiger partial charge on any atom is 0.320 e. The molecule has 0 saturated carbocycles. The molecule has 3 nitrogen and oxygen atoms in total. The molecule has 1 aromatic carbocycles. The molecular weight excluding hydrogens is 228 g/mol. The van der Waals surface area contributed by atoms with Crippen LogP contribution in [0.25, 0.3) is 0 Å². The Labute approximate surface area is 98.5 Å². The van der Waals surface area contributed by atoms with Crippen molar-refractivity contribution in [3.8, 4) is 0 Å². The summed E-state index contributed by atoms with van der Waals surface area (Å²) < 4.78 is 25.7. The Bertz CT molecular complexity index is 409. The van der Waals surface area contributed by atoms with Gasteiger partial charge in [-0.05, 0) is 31.0 Å². The summed E-state index contributed by atoms with van der Waals surface area (Å²) in [6.45, 7) is 3.45. The second-order valence-electron chi connectivity index (χ2n) is 3.86. The molecule has 0 bridgehead atoms. The third kappa shape index (κ3) is 3.49. The molecule has 0 aliphatic heterocycles. The summed E-state index contributed by atoms with van der Waals surface area (Å²) in [6, 6.07) is 2.49. The van der Waals surface area contributed by atoms with Crippen molar-refractivity contribution in [2.24, 2.45) is 0 Å². The first-order valence-electron chi connectivity index (χ1n) is 5.39. The Morgan fingerprint density at radius 3 is 2.53 bits per heavy atom. The first-order chi connectivity index (χ1) is 7.95.